The molecule has 4 nitrogen and oxygen atoms in total. The maximum atomic E-state index is 12.9. The molecule has 1 aliphatic rings. The Kier molecular flexibility index (Phi) is 4.37. The van der Waals surface area contributed by atoms with Crippen molar-refractivity contribution >= 4 is 17.5 Å². The van der Waals surface area contributed by atoms with Crippen LogP contribution in [0, 0.1) is 5.82 Å². The lowest BCUT2D eigenvalue weighted by Crippen LogP contribution is -2.38. The van der Waals surface area contributed by atoms with Crippen LogP contribution in [0.5, 0.6) is 0 Å². The first-order chi connectivity index (χ1) is 11.1. The predicted molar refractivity (Wildman–Crippen MR) is 85.4 cm³/mol. The fourth-order valence-corrected chi connectivity index (χ4v) is 2.73. The average molecular weight is 312 g/mol. The normalized spacial score (nSPS) is 17.3. The lowest BCUT2D eigenvalue weighted by molar-refractivity contribution is -0.121. The van der Waals surface area contributed by atoms with Crippen molar-refractivity contribution in [2.45, 2.75) is 18.9 Å². The van der Waals surface area contributed by atoms with Gasteiger partial charge in [0.05, 0.1) is 12.5 Å². The second-order valence-electron chi connectivity index (χ2n) is 5.61. The van der Waals surface area contributed by atoms with Gasteiger partial charge in [-0.15, -0.1) is 0 Å². The van der Waals surface area contributed by atoms with Crippen LogP contribution < -0.4 is 10.2 Å². The Balaban J connectivity index is 1.57. The van der Waals surface area contributed by atoms with E-state index in [2.05, 4.69) is 5.32 Å². The van der Waals surface area contributed by atoms with E-state index in [0.29, 0.717) is 13.0 Å². The van der Waals surface area contributed by atoms with Gasteiger partial charge in [0, 0.05) is 18.7 Å². The molecule has 5 heteroatoms. The summed E-state index contributed by atoms with van der Waals surface area (Å²) in [6, 6.07) is 15.0. The van der Waals surface area contributed by atoms with Crippen LogP contribution in [0.4, 0.5) is 10.1 Å². The highest BCUT2D eigenvalue weighted by Gasteiger charge is 2.31. The van der Waals surface area contributed by atoms with Gasteiger partial charge in [-0.3, -0.25) is 9.59 Å². The fourth-order valence-electron chi connectivity index (χ4n) is 2.73. The lowest BCUT2D eigenvalue weighted by Gasteiger charge is -2.17. The number of anilines is 1. The standard InChI is InChI=1S/C18H17FN2O2/c19-14-8-6-13(7-9-14)10-17(22)20-15-11-18(23)21(12-15)16-4-2-1-3-5-16/h1-9,15H,10-12H2,(H,20,22)/t15-/m0/s1. The van der Waals surface area contributed by atoms with Crippen LogP contribution in [-0.2, 0) is 16.0 Å². The molecule has 1 heterocycles. The molecule has 3 rings (SSSR count). The molecule has 1 atom stereocenters. The monoisotopic (exact) mass is 312 g/mol. The molecule has 1 aliphatic heterocycles. The Bertz CT molecular complexity index is 701. The number of benzene rings is 2. The van der Waals surface area contributed by atoms with Gasteiger partial charge < -0.3 is 10.2 Å². The Labute approximate surface area is 133 Å². The Hall–Kier alpha value is -2.69. The molecule has 1 fully saturated rings. The second-order valence-corrected chi connectivity index (χ2v) is 5.61. The first-order valence-electron chi connectivity index (χ1n) is 7.51. The van der Waals surface area contributed by atoms with E-state index in [4.69, 9.17) is 0 Å². The molecule has 23 heavy (non-hydrogen) atoms. The number of carbonyl (C=O) groups excluding carboxylic acids is 2. The fraction of sp³-hybridized carbons (Fsp3) is 0.222. The van der Waals surface area contributed by atoms with Gasteiger partial charge in [-0.1, -0.05) is 30.3 Å². The van der Waals surface area contributed by atoms with Crippen molar-refractivity contribution in [1.29, 1.82) is 0 Å². The zero-order valence-corrected chi connectivity index (χ0v) is 12.5. The molecule has 1 saturated heterocycles. The third-order valence-electron chi connectivity index (χ3n) is 3.84. The molecule has 0 bridgehead atoms. The van der Waals surface area contributed by atoms with Crippen LogP contribution in [0.25, 0.3) is 0 Å². The molecule has 0 aromatic heterocycles. The van der Waals surface area contributed by atoms with Gasteiger partial charge in [0.15, 0.2) is 0 Å². The molecule has 2 aromatic rings. The van der Waals surface area contributed by atoms with Gasteiger partial charge in [-0.2, -0.15) is 0 Å². The summed E-state index contributed by atoms with van der Waals surface area (Å²) in [5.74, 6) is -0.485. The van der Waals surface area contributed by atoms with Crippen LogP contribution in [0.1, 0.15) is 12.0 Å². The van der Waals surface area contributed by atoms with Gasteiger partial charge in [0.25, 0.3) is 0 Å². The maximum Gasteiger partial charge on any atom is 0.229 e. The highest BCUT2D eigenvalue weighted by Crippen LogP contribution is 2.21. The predicted octanol–water partition coefficient (Wildman–Crippen LogP) is 2.29. The van der Waals surface area contributed by atoms with E-state index in [1.54, 1.807) is 17.0 Å². The molecular formula is C18H17FN2O2. The van der Waals surface area contributed by atoms with Gasteiger partial charge in [-0.25, -0.2) is 4.39 Å². The first kappa shape index (κ1) is 15.2. The SMILES string of the molecule is O=C(Cc1ccc(F)cc1)N[C@H]1CC(=O)N(c2ccccc2)C1. The van der Waals surface area contributed by atoms with Crippen LogP contribution >= 0.6 is 0 Å². The smallest absolute Gasteiger partial charge is 0.229 e. The van der Waals surface area contributed by atoms with Crippen LogP contribution in [-0.4, -0.2) is 24.4 Å². The molecule has 1 N–H and O–H groups in total. The van der Waals surface area contributed by atoms with E-state index in [9.17, 15) is 14.0 Å². The van der Waals surface area contributed by atoms with Crippen LogP contribution in [0.2, 0.25) is 0 Å². The Morgan fingerprint density at radius 1 is 1.13 bits per heavy atom. The summed E-state index contributed by atoms with van der Waals surface area (Å²) >= 11 is 0. The van der Waals surface area contributed by atoms with Gasteiger partial charge in [-0.05, 0) is 29.8 Å². The summed E-state index contributed by atoms with van der Waals surface area (Å²) in [5, 5.41) is 2.88. The number of carbonyl (C=O) groups is 2. The van der Waals surface area contributed by atoms with Crippen LogP contribution in [0.3, 0.4) is 0 Å². The highest BCUT2D eigenvalue weighted by atomic mass is 19.1. The molecule has 2 aromatic carbocycles. The number of nitrogens with one attached hydrogen (secondary N) is 1. The maximum absolute atomic E-state index is 12.9. The van der Waals surface area contributed by atoms with E-state index in [0.717, 1.165) is 11.3 Å². The van der Waals surface area contributed by atoms with Crippen molar-refractivity contribution in [3.05, 3.63) is 66.0 Å². The summed E-state index contributed by atoms with van der Waals surface area (Å²) in [4.78, 5) is 25.8. The van der Waals surface area contributed by atoms with Gasteiger partial charge in [0.1, 0.15) is 5.82 Å². The van der Waals surface area contributed by atoms with E-state index in [1.165, 1.54) is 12.1 Å². The number of rotatable bonds is 4. The molecular weight excluding hydrogens is 295 g/mol. The Morgan fingerprint density at radius 2 is 1.83 bits per heavy atom. The van der Waals surface area contributed by atoms with Crippen molar-refractivity contribution in [3.8, 4) is 0 Å². The number of nitrogens with zero attached hydrogens (tertiary/aromatic N) is 1. The molecule has 2 amide bonds. The van der Waals surface area contributed by atoms with E-state index < -0.39 is 0 Å². The highest BCUT2D eigenvalue weighted by molar-refractivity contribution is 5.96. The second kappa shape index (κ2) is 6.60. The molecule has 0 spiro atoms. The third-order valence-corrected chi connectivity index (χ3v) is 3.84. The Morgan fingerprint density at radius 3 is 2.52 bits per heavy atom. The summed E-state index contributed by atoms with van der Waals surface area (Å²) in [6.45, 7) is 0.470. The molecule has 0 aliphatic carbocycles. The topological polar surface area (TPSA) is 49.4 Å². The van der Waals surface area contributed by atoms with Crippen molar-refractivity contribution in [2.24, 2.45) is 0 Å². The summed E-state index contributed by atoms with van der Waals surface area (Å²) in [6.07, 6.45) is 0.473. The van der Waals surface area contributed by atoms with Crippen molar-refractivity contribution in [1.82, 2.24) is 5.32 Å². The number of halogens is 1. The average Bonchev–Trinajstić information content (AvgIpc) is 2.91. The van der Waals surface area contributed by atoms with E-state index >= 15 is 0 Å². The largest absolute Gasteiger partial charge is 0.351 e. The molecule has 0 unspecified atom stereocenters. The van der Waals surface area contributed by atoms with Crippen molar-refractivity contribution in [3.63, 3.8) is 0 Å². The number of para-hydroxylation sites is 1. The van der Waals surface area contributed by atoms with Crippen molar-refractivity contribution in [2.75, 3.05) is 11.4 Å². The van der Waals surface area contributed by atoms with E-state index in [1.807, 2.05) is 30.3 Å². The minimum atomic E-state index is -0.325. The molecule has 0 saturated carbocycles. The van der Waals surface area contributed by atoms with Crippen LogP contribution in [0.15, 0.2) is 54.6 Å². The molecule has 0 radical (unpaired) electrons. The summed E-state index contributed by atoms with van der Waals surface area (Å²) in [7, 11) is 0. The number of hydrogen-bond donors (Lipinski definition) is 1. The zero-order chi connectivity index (χ0) is 16.2. The quantitative estimate of drug-likeness (QED) is 0.942. The summed E-state index contributed by atoms with van der Waals surface area (Å²) < 4.78 is 12.9. The number of amides is 2. The summed E-state index contributed by atoms with van der Waals surface area (Å²) in [5.41, 5.74) is 1.58. The third kappa shape index (κ3) is 3.74. The zero-order valence-electron chi connectivity index (χ0n) is 12.5. The number of hydrogen-bond acceptors (Lipinski definition) is 2. The lowest BCUT2D eigenvalue weighted by atomic mass is 10.1. The molecule has 118 valence electrons. The van der Waals surface area contributed by atoms with E-state index in [-0.39, 0.29) is 30.1 Å². The van der Waals surface area contributed by atoms with Gasteiger partial charge in [0.2, 0.25) is 11.8 Å². The van der Waals surface area contributed by atoms with Crippen molar-refractivity contribution < 1.29 is 14.0 Å². The van der Waals surface area contributed by atoms with Gasteiger partial charge >= 0.3 is 0 Å². The minimum absolute atomic E-state index is 0.00304. The minimum Gasteiger partial charge on any atom is -0.351 e. The first-order valence-corrected chi connectivity index (χ1v) is 7.51.